The van der Waals surface area contributed by atoms with Crippen LogP contribution in [0.3, 0.4) is 0 Å². The number of nitrogens with zero attached hydrogens (tertiary/aromatic N) is 1. The Kier molecular flexibility index (Phi) is 7.70. The number of carbonyl (C=O) groups is 2. The normalized spacial score (nSPS) is 15.6. The number of nitrogens with one attached hydrogen (secondary N) is 1. The van der Waals surface area contributed by atoms with E-state index in [1.807, 2.05) is 0 Å². The standard InChI is InChI=1S/C23H27FN2O5/c1-29-20-10-7-18(14-21(20)30-2)26-15-16(13-22(26)27)23(28)25-11-3-4-12-31-19-8-5-17(24)6-9-19/h5-10,14,16H,3-4,11-13,15H2,1-2H3,(H,25,28). The van der Waals surface area contributed by atoms with Crippen molar-refractivity contribution in [3.63, 3.8) is 0 Å². The monoisotopic (exact) mass is 430 g/mol. The van der Waals surface area contributed by atoms with Crippen molar-refractivity contribution in [2.75, 3.05) is 38.8 Å². The van der Waals surface area contributed by atoms with E-state index < -0.39 is 5.92 Å². The number of unbranched alkanes of at least 4 members (excludes halogenated alkanes) is 1. The first-order valence-corrected chi connectivity index (χ1v) is 10.2. The molecule has 7 nitrogen and oxygen atoms in total. The zero-order valence-corrected chi connectivity index (χ0v) is 17.7. The van der Waals surface area contributed by atoms with Gasteiger partial charge >= 0.3 is 0 Å². The molecule has 0 bridgehead atoms. The number of benzene rings is 2. The number of halogens is 1. The molecule has 3 rings (SSSR count). The first kappa shape index (κ1) is 22.4. The molecule has 0 radical (unpaired) electrons. The second kappa shape index (κ2) is 10.7. The van der Waals surface area contributed by atoms with Crippen LogP contribution in [-0.4, -0.2) is 45.7 Å². The number of amides is 2. The van der Waals surface area contributed by atoms with Gasteiger partial charge in [-0.25, -0.2) is 4.39 Å². The molecule has 166 valence electrons. The molecule has 1 aliphatic rings. The van der Waals surface area contributed by atoms with Gasteiger partial charge in [-0.3, -0.25) is 9.59 Å². The van der Waals surface area contributed by atoms with Crippen LogP contribution in [0.15, 0.2) is 42.5 Å². The van der Waals surface area contributed by atoms with Gasteiger partial charge in [-0.2, -0.15) is 0 Å². The molecule has 1 fully saturated rings. The van der Waals surface area contributed by atoms with E-state index >= 15 is 0 Å². The Morgan fingerprint density at radius 1 is 1.10 bits per heavy atom. The van der Waals surface area contributed by atoms with E-state index in [1.54, 1.807) is 42.3 Å². The first-order valence-electron chi connectivity index (χ1n) is 10.2. The molecule has 0 aliphatic carbocycles. The summed E-state index contributed by atoms with van der Waals surface area (Å²) in [4.78, 5) is 26.5. The number of ether oxygens (including phenoxy) is 3. The minimum atomic E-state index is -0.393. The minimum absolute atomic E-state index is 0.0972. The van der Waals surface area contributed by atoms with E-state index in [-0.39, 0.29) is 24.1 Å². The molecule has 1 atom stereocenters. The predicted octanol–water partition coefficient (Wildman–Crippen LogP) is 3.17. The molecule has 8 heteroatoms. The summed E-state index contributed by atoms with van der Waals surface area (Å²) >= 11 is 0. The van der Waals surface area contributed by atoms with Gasteiger partial charge in [-0.05, 0) is 49.2 Å². The third kappa shape index (κ3) is 5.87. The Hall–Kier alpha value is -3.29. The van der Waals surface area contributed by atoms with Crippen LogP contribution in [0.5, 0.6) is 17.2 Å². The van der Waals surface area contributed by atoms with Gasteiger partial charge in [0.25, 0.3) is 0 Å². The van der Waals surface area contributed by atoms with Crippen LogP contribution in [-0.2, 0) is 9.59 Å². The summed E-state index contributed by atoms with van der Waals surface area (Å²) in [7, 11) is 3.09. The molecule has 1 unspecified atom stereocenters. The largest absolute Gasteiger partial charge is 0.494 e. The third-order valence-corrected chi connectivity index (χ3v) is 5.13. The number of anilines is 1. The number of hydrogen-bond donors (Lipinski definition) is 1. The second-order valence-electron chi connectivity index (χ2n) is 7.25. The van der Waals surface area contributed by atoms with Gasteiger partial charge in [0.15, 0.2) is 11.5 Å². The quantitative estimate of drug-likeness (QED) is 0.586. The molecule has 0 aromatic heterocycles. The van der Waals surface area contributed by atoms with E-state index in [0.717, 1.165) is 12.8 Å². The second-order valence-corrected chi connectivity index (χ2v) is 7.25. The molecule has 2 amide bonds. The van der Waals surface area contributed by atoms with Gasteiger partial charge in [0.05, 0.1) is 26.7 Å². The van der Waals surface area contributed by atoms with Crippen molar-refractivity contribution < 1.29 is 28.2 Å². The lowest BCUT2D eigenvalue weighted by Gasteiger charge is -2.18. The molecule has 2 aromatic carbocycles. The highest BCUT2D eigenvalue weighted by molar-refractivity contribution is 6.00. The van der Waals surface area contributed by atoms with Gasteiger partial charge in [0.2, 0.25) is 11.8 Å². The lowest BCUT2D eigenvalue weighted by molar-refractivity contribution is -0.126. The summed E-state index contributed by atoms with van der Waals surface area (Å²) in [6, 6.07) is 11.1. The van der Waals surface area contributed by atoms with E-state index in [1.165, 1.54) is 19.2 Å². The van der Waals surface area contributed by atoms with Crippen LogP contribution in [0, 0.1) is 11.7 Å². The van der Waals surface area contributed by atoms with Crippen molar-refractivity contribution in [3.8, 4) is 17.2 Å². The lowest BCUT2D eigenvalue weighted by atomic mass is 10.1. The van der Waals surface area contributed by atoms with E-state index in [0.29, 0.717) is 42.6 Å². The van der Waals surface area contributed by atoms with Crippen molar-refractivity contribution in [2.24, 2.45) is 5.92 Å². The van der Waals surface area contributed by atoms with Crippen molar-refractivity contribution in [2.45, 2.75) is 19.3 Å². The van der Waals surface area contributed by atoms with E-state index in [2.05, 4.69) is 5.32 Å². The summed E-state index contributed by atoms with van der Waals surface area (Å²) in [5.74, 6) is 0.807. The average molecular weight is 430 g/mol. The summed E-state index contributed by atoms with van der Waals surface area (Å²) in [5.41, 5.74) is 0.677. The Balaban J connectivity index is 1.41. The van der Waals surface area contributed by atoms with E-state index in [4.69, 9.17) is 14.2 Å². The SMILES string of the molecule is COc1ccc(N2CC(C(=O)NCCCCOc3ccc(F)cc3)CC2=O)cc1OC. The van der Waals surface area contributed by atoms with Crippen molar-refractivity contribution in [1.29, 1.82) is 0 Å². The van der Waals surface area contributed by atoms with Gasteiger partial charge in [-0.15, -0.1) is 0 Å². The molecule has 31 heavy (non-hydrogen) atoms. The smallest absolute Gasteiger partial charge is 0.227 e. The summed E-state index contributed by atoms with van der Waals surface area (Å²) < 4.78 is 28.9. The van der Waals surface area contributed by atoms with Gasteiger partial charge < -0.3 is 24.4 Å². The summed E-state index contributed by atoms with van der Waals surface area (Å²) in [6.07, 6.45) is 1.67. The molecule has 1 aliphatic heterocycles. The maximum absolute atomic E-state index is 12.9. The fraction of sp³-hybridized carbons (Fsp3) is 0.391. The zero-order chi connectivity index (χ0) is 22.2. The molecule has 0 saturated carbocycles. The van der Waals surface area contributed by atoms with Crippen molar-refractivity contribution in [1.82, 2.24) is 5.32 Å². The molecule has 0 spiro atoms. The fourth-order valence-electron chi connectivity index (χ4n) is 3.43. The molecule has 1 N–H and O–H groups in total. The highest BCUT2D eigenvalue weighted by Crippen LogP contribution is 2.34. The zero-order valence-electron chi connectivity index (χ0n) is 17.7. The molecule has 1 heterocycles. The predicted molar refractivity (Wildman–Crippen MR) is 114 cm³/mol. The number of rotatable bonds is 10. The lowest BCUT2D eigenvalue weighted by Crippen LogP contribution is -2.33. The number of hydrogen-bond acceptors (Lipinski definition) is 5. The summed E-state index contributed by atoms with van der Waals surface area (Å²) in [6.45, 7) is 1.32. The number of methoxy groups -OCH3 is 2. The van der Waals surface area contributed by atoms with Crippen molar-refractivity contribution >= 4 is 17.5 Å². The average Bonchev–Trinajstić information content (AvgIpc) is 3.18. The fourth-order valence-corrected chi connectivity index (χ4v) is 3.43. The van der Waals surface area contributed by atoms with Gasteiger partial charge in [0.1, 0.15) is 11.6 Å². The first-order chi connectivity index (χ1) is 15.0. The molecule has 2 aromatic rings. The highest BCUT2D eigenvalue weighted by atomic mass is 19.1. The van der Waals surface area contributed by atoms with Gasteiger partial charge in [0, 0.05) is 31.3 Å². The molecule has 1 saturated heterocycles. The maximum Gasteiger partial charge on any atom is 0.227 e. The van der Waals surface area contributed by atoms with E-state index in [9.17, 15) is 14.0 Å². The van der Waals surface area contributed by atoms with Crippen LogP contribution in [0.25, 0.3) is 0 Å². The van der Waals surface area contributed by atoms with Crippen LogP contribution in [0.2, 0.25) is 0 Å². The minimum Gasteiger partial charge on any atom is -0.494 e. The Morgan fingerprint density at radius 2 is 1.84 bits per heavy atom. The molecular formula is C23H27FN2O5. The Labute approximate surface area is 181 Å². The molecular weight excluding hydrogens is 403 g/mol. The third-order valence-electron chi connectivity index (χ3n) is 5.13. The van der Waals surface area contributed by atoms with Crippen LogP contribution in [0.4, 0.5) is 10.1 Å². The Morgan fingerprint density at radius 3 is 2.55 bits per heavy atom. The van der Waals surface area contributed by atoms with Crippen LogP contribution >= 0.6 is 0 Å². The maximum atomic E-state index is 12.9. The highest BCUT2D eigenvalue weighted by Gasteiger charge is 2.35. The summed E-state index contributed by atoms with van der Waals surface area (Å²) in [5, 5.41) is 2.90. The van der Waals surface area contributed by atoms with Crippen molar-refractivity contribution in [3.05, 3.63) is 48.3 Å². The van der Waals surface area contributed by atoms with Crippen LogP contribution in [0.1, 0.15) is 19.3 Å². The Bertz CT molecular complexity index is 903. The van der Waals surface area contributed by atoms with Crippen LogP contribution < -0.4 is 24.4 Å². The number of carbonyl (C=O) groups excluding carboxylic acids is 2. The van der Waals surface area contributed by atoms with Gasteiger partial charge in [-0.1, -0.05) is 0 Å². The topological polar surface area (TPSA) is 77.1 Å².